The Morgan fingerprint density at radius 3 is 2.67 bits per heavy atom. The molecule has 1 fully saturated rings. The van der Waals surface area contributed by atoms with Crippen molar-refractivity contribution in [3.05, 3.63) is 53.9 Å². The zero-order valence-corrected chi connectivity index (χ0v) is 12.5. The zero-order chi connectivity index (χ0) is 14.3. The van der Waals surface area contributed by atoms with Crippen LogP contribution < -0.4 is 5.32 Å². The molecule has 1 aliphatic heterocycles. The fourth-order valence-electron chi connectivity index (χ4n) is 2.83. The molecule has 21 heavy (non-hydrogen) atoms. The Labute approximate surface area is 126 Å². The molecule has 0 unspecified atom stereocenters. The van der Waals surface area contributed by atoms with Gasteiger partial charge in [0.15, 0.2) is 0 Å². The molecule has 0 bridgehead atoms. The molecule has 112 valence electrons. The number of nitrogens with zero attached hydrogens (tertiary/aromatic N) is 3. The molecule has 0 radical (unpaired) electrons. The standard InChI is InChI=1S/C17H24N4/c1-2-6-16(7-3-1)14-21-15-17(13-19-21)12-18-8-11-20-9-4-5-10-20/h1-3,6-7,13,15,18H,4-5,8-12,14H2. The van der Waals surface area contributed by atoms with Crippen LogP contribution in [0, 0.1) is 0 Å². The van der Waals surface area contributed by atoms with E-state index in [1.807, 2.05) is 16.9 Å². The summed E-state index contributed by atoms with van der Waals surface area (Å²) in [6, 6.07) is 10.5. The van der Waals surface area contributed by atoms with Crippen LogP contribution in [0.1, 0.15) is 24.0 Å². The van der Waals surface area contributed by atoms with Gasteiger partial charge in [-0.1, -0.05) is 30.3 Å². The Bertz CT molecular complexity index is 529. The van der Waals surface area contributed by atoms with E-state index in [0.717, 1.165) is 26.2 Å². The third-order valence-corrected chi connectivity index (χ3v) is 4.01. The molecular weight excluding hydrogens is 260 g/mol. The number of rotatable bonds is 7. The topological polar surface area (TPSA) is 33.1 Å². The van der Waals surface area contributed by atoms with E-state index in [-0.39, 0.29) is 0 Å². The summed E-state index contributed by atoms with van der Waals surface area (Å²) in [4.78, 5) is 2.53. The van der Waals surface area contributed by atoms with E-state index in [1.165, 1.54) is 37.1 Å². The second-order valence-corrected chi connectivity index (χ2v) is 5.76. The first-order valence-electron chi connectivity index (χ1n) is 7.88. The molecule has 4 nitrogen and oxygen atoms in total. The summed E-state index contributed by atoms with van der Waals surface area (Å²) in [6.45, 7) is 6.52. The first-order chi connectivity index (χ1) is 10.4. The van der Waals surface area contributed by atoms with Crippen molar-refractivity contribution in [1.29, 1.82) is 0 Å². The molecule has 0 saturated carbocycles. The van der Waals surface area contributed by atoms with Gasteiger partial charge in [0.2, 0.25) is 0 Å². The van der Waals surface area contributed by atoms with Gasteiger partial charge in [0.05, 0.1) is 12.7 Å². The minimum absolute atomic E-state index is 0.842. The molecule has 2 aromatic rings. The van der Waals surface area contributed by atoms with Crippen molar-refractivity contribution in [2.24, 2.45) is 0 Å². The van der Waals surface area contributed by atoms with Gasteiger partial charge in [-0.2, -0.15) is 5.10 Å². The highest BCUT2D eigenvalue weighted by Crippen LogP contribution is 2.06. The Morgan fingerprint density at radius 1 is 1.05 bits per heavy atom. The summed E-state index contributed by atoms with van der Waals surface area (Å²) >= 11 is 0. The van der Waals surface area contributed by atoms with E-state index in [4.69, 9.17) is 0 Å². The molecule has 1 aromatic heterocycles. The number of likely N-dealkylation sites (tertiary alicyclic amines) is 1. The second-order valence-electron chi connectivity index (χ2n) is 5.76. The number of benzene rings is 1. The predicted molar refractivity (Wildman–Crippen MR) is 85.2 cm³/mol. The van der Waals surface area contributed by atoms with E-state index < -0.39 is 0 Å². The van der Waals surface area contributed by atoms with E-state index in [9.17, 15) is 0 Å². The van der Waals surface area contributed by atoms with Crippen LogP contribution >= 0.6 is 0 Å². The maximum atomic E-state index is 4.43. The van der Waals surface area contributed by atoms with Crippen LogP contribution in [-0.4, -0.2) is 40.9 Å². The lowest BCUT2D eigenvalue weighted by Crippen LogP contribution is -2.29. The average molecular weight is 284 g/mol. The molecule has 0 atom stereocenters. The molecule has 1 saturated heterocycles. The molecule has 1 aromatic carbocycles. The molecule has 1 N–H and O–H groups in total. The minimum atomic E-state index is 0.842. The van der Waals surface area contributed by atoms with Crippen molar-refractivity contribution in [3.8, 4) is 0 Å². The third kappa shape index (κ3) is 4.41. The normalized spacial score (nSPS) is 15.6. The molecular formula is C17H24N4. The molecule has 0 aliphatic carbocycles. The Morgan fingerprint density at radius 2 is 1.86 bits per heavy atom. The van der Waals surface area contributed by atoms with Crippen LogP contribution in [0.3, 0.4) is 0 Å². The van der Waals surface area contributed by atoms with Crippen molar-refractivity contribution >= 4 is 0 Å². The summed E-state index contributed by atoms with van der Waals surface area (Å²) in [5.74, 6) is 0. The molecule has 0 spiro atoms. The van der Waals surface area contributed by atoms with Crippen LogP contribution in [0.25, 0.3) is 0 Å². The number of nitrogens with one attached hydrogen (secondary N) is 1. The van der Waals surface area contributed by atoms with Gasteiger partial charge in [0, 0.05) is 31.4 Å². The fraction of sp³-hybridized carbons (Fsp3) is 0.471. The van der Waals surface area contributed by atoms with E-state index in [0.29, 0.717) is 0 Å². The van der Waals surface area contributed by atoms with Gasteiger partial charge in [-0.15, -0.1) is 0 Å². The molecule has 3 rings (SSSR count). The van der Waals surface area contributed by atoms with Gasteiger partial charge < -0.3 is 10.2 Å². The lowest BCUT2D eigenvalue weighted by Gasteiger charge is -2.14. The first-order valence-corrected chi connectivity index (χ1v) is 7.88. The Hall–Kier alpha value is -1.65. The van der Waals surface area contributed by atoms with Gasteiger partial charge in [-0.25, -0.2) is 0 Å². The maximum absolute atomic E-state index is 4.43. The van der Waals surface area contributed by atoms with Crippen molar-refractivity contribution in [2.75, 3.05) is 26.2 Å². The quantitative estimate of drug-likeness (QED) is 0.791. The number of hydrogen-bond donors (Lipinski definition) is 1. The lowest BCUT2D eigenvalue weighted by molar-refractivity contribution is 0.335. The highest BCUT2D eigenvalue weighted by molar-refractivity contribution is 5.15. The number of aromatic nitrogens is 2. The van der Waals surface area contributed by atoms with Gasteiger partial charge in [0.25, 0.3) is 0 Å². The second kappa shape index (κ2) is 7.38. The van der Waals surface area contributed by atoms with Gasteiger partial charge >= 0.3 is 0 Å². The van der Waals surface area contributed by atoms with Crippen molar-refractivity contribution < 1.29 is 0 Å². The fourth-order valence-corrected chi connectivity index (χ4v) is 2.83. The Balaban J connectivity index is 1.40. The molecule has 0 amide bonds. The zero-order valence-electron chi connectivity index (χ0n) is 12.5. The van der Waals surface area contributed by atoms with Crippen LogP contribution in [0.15, 0.2) is 42.7 Å². The monoisotopic (exact) mass is 284 g/mol. The Kier molecular flexibility index (Phi) is 5.03. The van der Waals surface area contributed by atoms with Gasteiger partial charge in [-0.3, -0.25) is 4.68 Å². The minimum Gasteiger partial charge on any atom is -0.311 e. The van der Waals surface area contributed by atoms with Crippen LogP contribution in [0.5, 0.6) is 0 Å². The first kappa shape index (κ1) is 14.3. The summed E-state index contributed by atoms with van der Waals surface area (Å²) in [7, 11) is 0. The predicted octanol–water partition coefficient (Wildman–Crippen LogP) is 2.12. The van der Waals surface area contributed by atoms with Crippen molar-refractivity contribution in [1.82, 2.24) is 20.0 Å². The molecule has 2 heterocycles. The summed E-state index contributed by atoms with van der Waals surface area (Å²) in [5, 5.41) is 7.94. The maximum Gasteiger partial charge on any atom is 0.0659 e. The van der Waals surface area contributed by atoms with Crippen molar-refractivity contribution in [2.45, 2.75) is 25.9 Å². The third-order valence-electron chi connectivity index (χ3n) is 4.01. The van der Waals surface area contributed by atoms with Crippen LogP contribution in [0.4, 0.5) is 0 Å². The van der Waals surface area contributed by atoms with Crippen LogP contribution in [-0.2, 0) is 13.1 Å². The van der Waals surface area contributed by atoms with E-state index in [1.54, 1.807) is 0 Å². The molecule has 1 aliphatic rings. The smallest absolute Gasteiger partial charge is 0.0659 e. The highest BCUT2D eigenvalue weighted by Gasteiger charge is 2.10. The summed E-state index contributed by atoms with van der Waals surface area (Å²) in [6.07, 6.45) is 6.83. The van der Waals surface area contributed by atoms with E-state index >= 15 is 0 Å². The average Bonchev–Trinajstić information content (AvgIpc) is 3.17. The largest absolute Gasteiger partial charge is 0.311 e. The lowest BCUT2D eigenvalue weighted by atomic mass is 10.2. The van der Waals surface area contributed by atoms with E-state index in [2.05, 4.69) is 45.8 Å². The number of hydrogen-bond acceptors (Lipinski definition) is 3. The van der Waals surface area contributed by atoms with Crippen LogP contribution in [0.2, 0.25) is 0 Å². The van der Waals surface area contributed by atoms with Crippen molar-refractivity contribution in [3.63, 3.8) is 0 Å². The molecule has 4 heteroatoms. The van der Waals surface area contributed by atoms with Gasteiger partial charge in [-0.05, 0) is 31.5 Å². The summed E-state index contributed by atoms with van der Waals surface area (Å²) < 4.78 is 2.01. The SMILES string of the molecule is c1ccc(Cn2cc(CNCCN3CCCC3)cn2)cc1. The summed E-state index contributed by atoms with van der Waals surface area (Å²) in [5.41, 5.74) is 2.54. The van der Waals surface area contributed by atoms with Gasteiger partial charge in [0.1, 0.15) is 0 Å². The highest BCUT2D eigenvalue weighted by atomic mass is 15.3.